The van der Waals surface area contributed by atoms with Gasteiger partial charge in [0, 0.05) is 31.5 Å². The number of fused-ring (bicyclic) bond motifs is 4. The monoisotopic (exact) mass is 477 g/mol. The molecule has 0 aliphatic carbocycles. The SMILES string of the molecule is c1ccc(-c2cc(Nc3ccc(-c4ccc5c(c4)sc4ccccc45)cc3)cc3ccccc23)cc1. The predicted octanol–water partition coefficient (Wildman–Crippen LogP) is 10.3. The van der Waals surface area contributed by atoms with Crippen LogP contribution in [0.15, 0.2) is 133 Å². The molecule has 0 unspecified atom stereocenters. The lowest BCUT2D eigenvalue weighted by molar-refractivity contribution is 1.55. The van der Waals surface area contributed by atoms with E-state index in [1.807, 2.05) is 11.3 Å². The average Bonchev–Trinajstić information content (AvgIpc) is 3.31. The molecular formula is C34H23NS. The van der Waals surface area contributed by atoms with Gasteiger partial charge in [-0.2, -0.15) is 0 Å². The first kappa shape index (κ1) is 20.9. The van der Waals surface area contributed by atoms with Gasteiger partial charge < -0.3 is 5.32 Å². The number of anilines is 2. The summed E-state index contributed by atoms with van der Waals surface area (Å²) in [6.45, 7) is 0. The summed E-state index contributed by atoms with van der Waals surface area (Å²) in [6, 6.07) is 47.9. The standard InChI is InChI=1S/C34H23NS/c1-2-8-24(9-3-1)32-22-28(20-26-10-4-5-11-29(26)32)35-27-17-14-23(15-18-27)25-16-19-31-30-12-6-7-13-33(30)36-34(31)21-25/h1-22,35H. The van der Waals surface area contributed by atoms with Crippen LogP contribution in [0.2, 0.25) is 0 Å². The van der Waals surface area contributed by atoms with Crippen molar-refractivity contribution in [3.63, 3.8) is 0 Å². The largest absolute Gasteiger partial charge is 0.355 e. The summed E-state index contributed by atoms with van der Waals surface area (Å²) in [6.07, 6.45) is 0. The van der Waals surface area contributed by atoms with E-state index in [1.165, 1.54) is 53.2 Å². The second kappa shape index (κ2) is 8.67. The van der Waals surface area contributed by atoms with Crippen LogP contribution >= 0.6 is 11.3 Å². The normalized spacial score (nSPS) is 11.3. The summed E-state index contributed by atoms with van der Waals surface area (Å²) in [5.41, 5.74) is 7.11. The van der Waals surface area contributed by atoms with Crippen LogP contribution in [0.25, 0.3) is 53.2 Å². The Bertz CT molecular complexity index is 1850. The van der Waals surface area contributed by atoms with Crippen molar-refractivity contribution in [3.05, 3.63) is 133 Å². The van der Waals surface area contributed by atoms with Crippen LogP contribution in [0.4, 0.5) is 11.4 Å². The molecule has 36 heavy (non-hydrogen) atoms. The molecule has 0 saturated heterocycles. The minimum absolute atomic E-state index is 1.08. The maximum Gasteiger partial charge on any atom is 0.0396 e. The molecule has 1 aromatic heterocycles. The second-order valence-corrected chi connectivity index (χ2v) is 10.2. The highest BCUT2D eigenvalue weighted by Crippen LogP contribution is 2.37. The Morgan fingerprint density at radius 1 is 0.417 bits per heavy atom. The van der Waals surface area contributed by atoms with E-state index in [9.17, 15) is 0 Å². The maximum atomic E-state index is 3.63. The first-order valence-corrected chi connectivity index (χ1v) is 13.0. The van der Waals surface area contributed by atoms with Crippen LogP contribution in [0.5, 0.6) is 0 Å². The van der Waals surface area contributed by atoms with Gasteiger partial charge in [0.05, 0.1) is 0 Å². The fourth-order valence-electron chi connectivity index (χ4n) is 5.06. The van der Waals surface area contributed by atoms with Gasteiger partial charge in [0.1, 0.15) is 0 Å². The number of hydrogen-bond donors (Lipinski definition) is 1. The van der Waals surface area contributed by atoms with Gasteiger partial charge in [-0.1, -0.05) is 97.1 Å². The Hall–Kier alpha value is -4.40. The van der Waals surface area contributed by atoms with Crippen molar-refractivity contribution >= 4 is 53.7 Å². The lowest BCUT2D eigenvalue weighted by atomic mass is 9.97. The van der Waals surface area contributed by atoms with Crippen molar-refractivity contribution in [3.8, 4) is 22.3 Å². The third-order valence-electron chi connectivity index (χ3n) is 6.83. The Labute approximate surface area is 214 Å². The van der Waals surface area contributed by atoms with Crippen LogP contribution in [-0.2, 0) is 0 Å². The zero-order valence-corrected chi connectivity index (χ0v) is 20.4. The first-order valence-electron chi connectivity index (χ1n) is 12.2. The number of benzene rings is 6. The van der Waals surface area contributed by atoms with Crippen molar-refractivity contribution in [1.82, 2.24) is 0 Å². The molecule has 2 heteroatoms. The predicted molar refractivity (Wildman–Crippen MR) is 157 cm³/mol. The highest BCUT2D eigenvalue weighted by Gasteiger charge is 2.09. The fraction of sp³-hybridized carbons (Fsp3) is 0. The van der Waals surface area contributed by atoms with E-state index in [0.29, 0.717) is 0 Å². The molecule has 0 spiro atoms. The van der Waals surface area contributed by atoms with Crippen molar-refractivity contribution in [1.29, 1.82) is 0 Å². The van der Waals surface area contributed by atoms with Crippen LogP contribution in [0, 0.1) is 0 Å². The molecule has 0 amide bonds. The molecule has 6 aromatic carbocycles. The van der Waals surface area contributed by atoms with E-state index in [2.05, 4.69) is 139 Å². The van der Waals surface area contributed by atoms with Crippen molar-refractivity contribution in [2.75, 3.05) is 5.32 Å². The highest BCUT2D eigenvalue weighted by molar-refractivity contribution is 7.25. The number of nitrogens with one attached hydrogen (secondary N) is 1. The minimum Gasteiger partial charge on any atom is -0.355 e. The van der Waals surface area contributed by atoms with E-state index in [1.54, 1.807) is 0 Å². The molecule has 7 rings (SSSR count). The lowest BCUT2D eigenvalue weighted by Gasteiger charge is -2.13. The summed E-state index contributed by atoms with van der Waals surface area (Å²) in [7, 11) is 0. The van der Waals surface area contributed by atoms with Crippen LogP contribution in [0.1, 0.15) is 0 Å². The third-order valence-corrected chi connectivity index (χ3v) is 7.97. The van der Waals surface area contributed by atoms with Gasteiger partial charge in [0.15, 0.2) is 0 Å². The highest BCUT2D eigenvalue weighted by atomic mass is 32.1. The molecule has 0 fully saturated rings. The Balaban J connectivity index is 1.21. The van der Waals surface area contributed by atoms with E-state index >= 15 is 0 Å². The molecule has 0 radical (unpaired) electrons. The molecule has 0 atom stereocenters. The van der Waals surface area contributed by atoms with E-state index in [0.717, 1.165) is 11.4 Å². The van der Waals surface area contributed by atoms with Crippen molar-refractivity contribution in [2.24, 2.45) is 0 Å². The van der Waals surface area contributed by atoms with E-state index in [4.69, 9.17) is 0 Å². The Kier molecular flexibility index (Phi) is 5.04. The molecule has 0 bridgehead atoms. The van der Waals surface area contributed by atoms with Gasteiger partial charge in [0.25, 0.3) is 0 Å². The molecular weight excluding hydrogens is 454 g/mol. The molecule has 1 nitrogen and oxygen atoms in total. The molecule has 0 saturated carbocycles. The van der Waals surface area contributed by atoms with Gasteiger partial charge >= 0.3 is 0 Å². The van der Waals surface area contributed by atoms with Crippen molar-refractivity contribution < 1.29 is 0 Å². The molecule has 1 N–H and O–H groups in total. The first-order chi connectivity index (χ1) is 17.8. The van der Waals surface area contributed by atoms with Gasteiger partial charge in [-0.3, -0.25) is 0 Å². The van der Waals surface area contributed by atoms with Crippen molar-refractivity contribution in [2.45, 2.75) is 0 Å². The van der Waals surface area contributed by atoms with Crippen LogP contribution in [0.3, 0.4) is 0 Å². The van der Waals surface area contributed by atoms with E-state index in [-0.39, 0.29) is 0 Å². The molecule has 0 aliphatic rings. The third kappa shape index (κ3) is 3.73. The summed E-state index contributed by atoms with van der Waals surface area (Å²) in [5.74, 6) is 0. The zero-order valence-electron chi connectivity index (χ0n) is 19.6. The fourth-order valence-corrected chi connectivity index (χ4v) is 6.20. The summed E-state index contributed by atoms with van der Waals surface area (Å²) in [5, 5.41) is 8.81. The van der Waals surface area contributed by atoms with Gasteiger partial charge in [-0.15, -0.1) is 11.3 Å². The zero-order chi connectivity index (χ0) is 23.9. The molecule has 170 valence electrons. The molecule has 7 aromatic rings. The quantitative estimate of drug-likeness (QED) is 0.266. The Morgan fingerprint density at radius 3 is 1.97 bits per heavy atom. The smallest absolute Gasteiger partial charge is 0.0396 e. The average molecular weight is 478 g/mol. The summed E-state index contributed by atoms with van der Waals surface area (Å²) < 4.78 is 2.68. The molecule has 1 heterocycles. The second-order valence-electron chi connectivity index (χ2n) is 9.12. The van der Waals surface area contributed by atoms with Gasteiger partial charge in [-0.05, 0) is 69.4 Å². The number of thiophene rings is 1. The van der Waals surface area contributed by atoms with Gasteiger partial charge in [-0.25, -0.2) is 0 Å². The lowest BCUT2D eigenvalue weighted by Crippen LogP contribution is -1.92. The van der Waals surface area contributed by atoms with Crippen LogP contribution < -0.4 is 5.32 Å². The summed E-state index contributed by atoms with van der Waals surface area (Å²) >= 11 is 1.86. The molecule has 0 aliphatic heterocycles. The number of hydrogen-bond acceptors (Lipinski definition) is 2. The minimum atomic E-state index is 1.08. The maximum absolute atomic E-state index is 3.63. The van der Waals surface area contributed by atoms with E-state index < -0.39 is 0 Å². The Morgan fingerprint density at radius 2 is 1.11 bits per heavy atom. The summed E-state index contributed by atoms with van der Waals surface area (Å²) in [4.78, 5) is 0. The number of rotatable bonds is 4. The van der Waals surface area contributed by atoms with Crippen LogP contribution in [-0.4, -0.2) is 0 Å². The van der Waals surface area contributed by atoms with Gasteiger partial charge in [0.2, 0.25) is 0 Å². The topological polar surface area (TPSA) is 12.0 Å².